The van der Waals surface area contributed by atoms with Crippen molar-refractivity contribution in [2.45, 2.75) is 53.9 Å². The molecule has 1 aliphatic heterocycles. The molecule has 2 rings (SSSR count). The first-order valence-corrected chi connectivity index (χ1v) is 15.1. The lowest BCUT2D eigenvalue weighted by molar-refractivity contribution is -0.118. The van der Waals surface area contributed by atoms with Crippen molar-refractivity contribution >= 4 is 41.6 Å². The predicted octanol–water partition coefficient (Wildman–Crippen LogP) is 3.76. The Kier molecular flexibility index (Phi) is 11.6. The number of hydrogen-bond acceptors (Lipinski definition) is 11. The zero-order valence-electron chi connectivity index (χ0n) is 21.9. The van der Waals surface area contributed by atoms with E-state index in [9.17, 15) is 23.7 Å². The molecule has 1 aliphatic rings. The molecule has 0 fully saturated rings. The number of aromatic amines is 1. The first kappa shape index (κ1) is 31.7. The molecular weight excluding hydrogens is 543 g/mol. The Morgan fingerprint density at radius 3 is 2.00 bits per heavy atom. The summed E-state index contributed by atoms with van der Waals surface area (Å²) in [5, 5.41) is -0.0595. The maximum Gasteiger partial charge on any atom is 0.474 e. The second kappa shape index (κ2) is 13.5. The Labute approximate surface area is 224 Å². The third-order valence-corrected chi connectivity index (χ3v) is 8.64. The fraction of sp³-hybridized carbons (Fsp3) is 0.652. The van der Waals surface area contributed by atoms with E-state index in [-0.39, 0.29) is 41.6 Å². The van der Waals surface area contributed by atoms with Gasteiger partial charge in [0.05, 0.1) is 19.8 Å². The molecule has 37 heavy (non-hydrogen) atoms. The summed E-state index contributed by atoms with van der Waals surface area (Å²) >= 11 is 2.13. The topological polar surface area (TPSA) is 143 Å². The van der Waals surface area contributed by atoms with Crippen LogP contribution >= 0.6 is 31.3 Å². The highest BCUT2D eigenvalue weighted by Crippen LogP contribution is 2.50. The van der Waals surface area contributed by atoms with Crippen molar-refractivity contribution in [3.63, 3.8) is 0 Å². The lowest BCUT2D eigenvalue weighted by atomic mass is 9.99. The third-order valence-electron chi connectivity index (χ3n) is 4.68. The quantitative estimate of drug-likeness (QED) is 0.220. The van der Waals surface area contributed by atoms with Crippen LogP contribution in [0, 0.1) is 10.8 Å². The highest BCUT2D eigenvalue weighted by atomic mass is 32.2. The zero-order chi connectivity index (χ0) is 27.9. The summed E-state index contributed by atoms with van der Waals surface area (Å²) < 4.78 is 36.6. The molecule has 0 saturated heterocycles. The van der Waals surface area contributed by atoms with Crippen LogP contribution in [0.4, 0.5) is 0 Å². The van der Waals surface area contributed by atoms with Gasteiger partial charge in [-0.05, 0) is 6.08 Å². The van der Waals surface area contributed by atoms with Crippen LogP contribution in [-0.4, -0.2) is 57.2 Å². The number of nitrogens with zero attached hydrogens (tertiary/aromatic N) is 1. The van der Waals surface area contributed by atoms with Gasteiger partial charge in [0.2, 0.25) is 0 Å². The van der Waals surface area contributed by atoms with Crippen LogP contribution in [-0.2, 0) is 32.5 Å². The van der Waals surface area contributed by atoms with Crippen molar-refractivity contribution in [3.8, 4) is 0 Å². The monoisotopic (exact) mass is 578 g/mol. The zero-order valence-corrected chi connectivity index (χ0v) is 24.4. The summed E-state index contributed by atoms with van der Waals surface area (Å²) in [6.07, 6.45) is 3.09. The number of ether oxygens (including phenoxy) is 1. The normalized spacial score (nSPS) is 18.3. The van der Waals surface area contributed by atoms with Gasteiger partial charge in [0.15, 0.2) is 16.5 Å². The molecule has 11 nitrogen and oxygen atoms in total. The van der Waals surface area contributed by atoms with E-state index in [0.29, 0.717) is 0 Å². The van der Waals surface area contributed by atoms with E-state index in [2.05, 4.69) is 4.98 Å². The molecule has 0 bridgehead atoms. The number of phosphoric acid groups is 1. The van der Waals surface area contributed by atoms with E-state index in [0.717, 1.165) is 23.5 Å². The molecule has 0 saturated carbocycles. The van der Waals surface area contributed by atoms with Crippen molar-refractivity contribution in [2.24, 2.45) is 10.8 Å². The molecule has 0 aliphatic carbocycles. The molecule has 2 atom stereocenters. The van der Waals surface area contributed by atoms with Crippen molar-refractivity contribution in [1.29, 1.82) is 0 Å². The summed E-state index contributed by atoms with van der Waals surface area (Å²) in [5.41, 5.74) is -2.20. The third kappa shape index (κ3) is 10.7. The highest BCUT2D eigenvalue weighted by molar-refractivity contribution is 8.14. The number of hydrogen-bond donors (Lipinski definition) is 1. The van der Waals surface area contributed by atoms with Crippen LogP contribution in [0.1, 0.15) is 47.8 Å². The van der Waals surface area contributed by atoms with Gasteiger partial charge in [-0.2, -0.15) is 0 Å². The van der Waals surface area contributed by atoms with Crippen molar-refractivity contribution < 1.29 is 32.5 Å². The number of aromatic nitrogens is 2. The molecule has 14 heteroatoms. The van der Waals surface area contributed by atoms with Crippen molar-refractivity contribution in [3.05, 3.63) is 45.3 Å². The van der Waals surface area contributed by atoms with Crippen LogP contribution in [0.15, 0.2) is 34.0 Å². The number of phosphoric ester groups is 1. The number of carbonyl (C=O) groups is 2. The maximum absolute atomic E-state index is 13.3. The number of H-pyrrole nitrogens is 1. The Morgan fingerprint density at radius 2 is 1.51 bits per heavy atom. The molecule has 0 radical (unpaired) electrons. The summed E-state index contributed by atoms with van der Waals surface area (Å²) in [4.78, 5) is 49.6. The average molecular weight is 579 g/mol. The van der Waals surface area contributed by atoms with Gasteiger partial charge in [-0.3, -0.25) is 37.5 Å². The number of thioether (sulfide) groups is 2. The molecule has 0 amide bonds. The van der Waals surface area contributed by atoms with Gasteiger partial charge in [0.1, 0.15) is 6.10 Å². The molecule has 1 aromatic heterocycles. The summed E-state index contributed by atoms with van der Waals surface area (Å²) in [6.45, 7) is 10.5. The molecule has 1 N–H and O–H groups in total. The second-order valence-electron chi connectivity index (χ2n) is 10.1. The SMILES string of the molecule is CC(C)(C)C(=O)SCCOP(=O)(OCCSC(=O)C(C)(C)C)OC[C@@H]1C=C[C@H](n2ccc(=O)[nH]c2=O)O1. The molecule has 0 unspecified atom stereocenters. The Balaban J connectivity index is 1.94. The van der Waals surface area contributed by atoms with Crippen LogP contribution in [0.2, 0.25) is 0 Å². The van der Waals surface area contributed by atoms with E-state index < -0.39 is 42.2 Å². The van der Waals surface area contributed by atoms with Crippen LogP contribution in [0.5, 0.6) is 0 Å². The average Bonchev–Trinajstić information content (AvgIpc) is 3.25. The summed E-state index contributed by atoms with van der Waals surface area (Å²) in [7, 11) is -4.06. The first-order valence-electron chi connectivity index (χ1n) is 11.6. The maximum atomic E-state index is 13.3. The van der Waals surface area contributed by atoms with E-state index in [1.165, 1.54) is 16.8 Å². The van der Waals surface area contributed by atoms with Gasteiger partial charge in [-0.15, -0.1) is 0 Å². The lowest BCUT2D eigenvalue weighted by Crippen LogP contribution is -2.32. The smallest absolute Gasteiger partial charge is 0.344 e. The van der Waals surface area contributed by atoms with Crippen LogP contribution in [0.3, 0.4) is 0 Å². The molecule has 0 aromatic carbocycles. The largest absolute Gasteiger partial charge is 0.474 e. The Hall–Kier alpha value is -1.47. The summed E-state index contributed by atoms with van der Waals surface area (Å²) in [5.74, 6) is 0.502. The van der Waals surface area contributed by atoms with Crippen molar-refractivity contribution in [1.82, 2.24) is 9.55 Å². The minimum Gasteiger partial charge on any atom is -0.344 e. The van der Waals surface area contributed by atoms with Gasteiger partial charge >= 0.3 is 13.5 Å². The molecule has 1 aromatic rings. The predicted molar refractivity (Wildman–Crippen MR) is 144 cm³/mol. The van der Waals surface area contributed by atoms with Gasteiger partial charge < -0.3 is 4.74 Å². The molecular formula is C23H35N2O9PS2. The van der Waals surface area contributed by atoms with Gasteiger partial charge in [-0.25, -0.2) is 9.36 Å². The molecule has 208 valence electrons. The highest BCUT2D eigenvalue weighted by Gasteiger charge is 2.31. The first-order chi connectivity index (χ1) is 17.1. The number of nitrogens with one attached hydrogen (secondary N) is 1. The van der Waals surface area contributed by atoms with Crippen LogP contribution in [0.25, 0.3) is 0 Å². The van der Waals surface area contributed by atoms with Gasteiger partial charge in [0.25, 0.3) is 5.56 Å². The Bertz CT molecular complexity index is 1100. The Morgan fingerprint density at radius 1 is 0.973 bits per heavy atom. The summed E-state index contributed by atoms with van der Waals surface area (Å²) in [6, 6.07) is 1.20. The molecule has 2 heterocycles. The number of carbonyl (C=O) groups excluding carboxylic acids is 2. The lowest BCUT2D eigenvalue weighted by Gasteiger charge is -2.21. The second-order valence-corrected chi connectivity index (χ2v) is 14.0. The van der Waals surface area contributed by atoms with E-state index in [1.54, 1.807) is 53.7 Å². The fourth-order valence-electron chi connectivity index (χ4n) is 2.65. The van der Waals surface area contributed by atoms with E-state index in [1.807, 2.05) is 0 Å². The minimum atomic E-state index is -4.06. The standard InChI is InChI=1S/C23H35N2O9PS2/c1-22(2,3)19(27)36-13-11-31-35(30,32-12-14-37-20(28)23(4,5)6)33-15-16-7-8-18(34-16)25-10-9-17(26)24-21(25)29/h7-10,16,18H,11-15H2,1-6H3,(H,24,26,29)/t16-,18+/m0/s1. The fourth-order valence-corrected chi connectivity index (χ4v) is 5.65. The van der Waals surface area contributed by atoms with E-state index >= 15 is 0 Å². The van der Waals surface area contributed by atoms with Gasteiger partial charge in [0, 0.05) is 34.6 Å². The molecule has 0 spiro atoms. The van der Waals surface area contributed by atoms with E-state index in [4.69, 9.17) is 18.3 Å². The minimum absolute atomic E-state index is 0.0297. The van der Waals surface area contributed by atoms with Crippen molar-refractivity contribution in [2.75, 3.05) is 31.3 Å². The van der Waals surface area contributed by atoms with Gasteiger partial charge in [-0.1, -0.05) is 71.1 Å². The van der Waals surface area contributed by atoms with Crippen LogP contribution < -0.4 is 11.2 Å². The number of rotatable bonds is 12.